The van der Waals surface area contributed by atoms with Crippen LogP contribution in [0.25, 0.3) is 5.78 Å². The van der Waals surface area contributed by atoms with Crippen LogP contribution in [0, 0.1) is 6.92 Å². The van der Waals surface area contributed by atoms with Crippen LogP contribution in [-0.4, -0.2) is 52.3 Å². The molecule has 1 amide bonds. The number of methoxy groups -OCH3 is 1. The van der Waals surface area contributed by atoms with Crippen molar-refractivity contribution in [2.24, 2.45) is 0 Å². The third-order valence-electron chi connectivity index (χ3n) is 2.88. The molecule has 114 valence electrons. The van der Waals surface area contributed by atoms with E-state index < -0.39 is 0 Å². The summed E-state index contributed by atoms with van der Waals surface area (Å²) in [5.74, 6) is 1.05. The van der Waals surface area contributed by atoms with E-state index >= 15 is 0 Å². The summed E-state index contributed by atoms with van der Waals surface area (Å²) in [4.78, 5) is 19.7. The van der Waals surface area contributed by atoms with Crippen LogP contribution < -0.4 is 10.6 Å². The summed E-state index contributed by atoms with van der Waals surface area (Å²) in [7, 11) is 1.59. The third kappa shape index (κ3) is 3.79. The van der Waals surface area contributed by atoms with Crippen LogP contribution in [0.15, 0.2) is 6.33 Å². The number of anilines is 1. The normalized spacial score (nSPS) is 10.8. The van der Waals surface area contributed by atoms with Crippen LogP contribution in [0.1, 0.15) is 12.0 Å². The highest BCUT2D eigenvalue weighted by Crippen LogP contribution is 2.21. The quantitative estimate of drug-likeness (QED) is 0.576. The fraction of sp³-hybridized carbons (Fsp3) is 0.500. The minimum absolute atomic E-state index is 0.0489. The molecule has 0 radical (unpaired) electrons. The fourth-order valence-corrected chi connectivity index (χ4v) is 1.95. The van der Waals surface area contributed by atoms with Gasteiger partial charge in [0.2, 0.25) is 5.91 Å². The molecule has 21 heavy (non-hydrogen) atoms. The topological polar surface area (TPSA) is 93.4 Å². The highest BCUT2D eigenvalue weighted by Gasteiger charge is 2.12. The molecule has 0 aromatic carbocycles. The number of halogens is 1. The number of hydrogen-bond acceptors (Lipinski definition) is 6. The zero-order valence-electron chi connectivity index (χ0n) is 11.9. The summed E-state index contributed by atoms with van der Waals surface area (Å²) in [6.45, 7) is 3.28. The lowest BCUT2D eigenvalue weighted by molar-refractivity contribution is -0.121. The molecule has 0 saturated heterocycles. The lowest BCUT2D eigenvalue weighted by atomic mass is 10.3. The summed E-state index contributed by atoms with van der Waals surface area (Å²) in [6.07, 6.45) is 1.74. The zero-order chi connectivity index (χ0) is 15.2. The summed E-state index contributed by atoms with van der Waals surface area (Å²) in [6, 6.07) is 0. The lowest BCUT2D eigenvalue weighted by Gasteiger charge is -2.11. The predicted octanol–water partition coefficient (Wildman–Crippen LogP) is 0.651. The number of aromatic nitrogens is 4. The number of carbonyl (C=O) groups is 1. The van der Waals surface area contributed by atoms with Gasteiger partial charge in [0.25, 0.3) is 5.78 Å². The highest BCUT2D eigenvalue weighted by molar-refractivity contribution is 6.30. The average Bonchev–Trinajstić information content (AvgIpc) is 2.91. The zero-order valence-corrected chi connectivity index (χ0v) is 12.6. The van der Waals surface area contributed by atoms with Crippen molar-refractivity contribution in [1.29, 1.82) is 0 Å². The van der Waals surface area contributed by atoms with Gasteiger partial charge in [-0.05, 0) is 6.92 Å². The van der Waals surface area contributed by atoms with E-state index in [1.807, 2.05) is 6.92 Å². The van der Waals surface area contributed by atoms with Gasteiger partial charge in [-0.25, -0.2) is 0 Å². The Balaban J connectivity index is 1.96. The van der Waals surface area contributed by atoms with E-state index in [1.165, 1.54) is 6.33 Å². The summed E-state index contributed by atoms with van der Waals surface area (Å²) >= 11 is 6.05. The molecule has 0 aliphatic carbocycles. The van der Waals surface area contributed by atoms with Gasteiger partial charge in [-0.15, -0.1) is 0 Å². The van der Waals surface area contributed by atoms with Crippen LogP contribution in [-0.2, 0) is 9.53 Å². The van der Waals surface area contributed by atoms with E-state index in [0.717, 1.165) is 5.56 Å². The molecular formula is C12H17ClN6O2. The molecule has 0 unspecified atom stereocenters. The molecule has 0 fully saturated rings. The summed E-state index contributed by atoms with van der Waals surface area (Å²) in [5, 5.41) is 10.3. The van der Waals surface area contributed by atoms with Crippen molar-refractivity contribution in [2.75, 3.05) is 32.1 Å². The molecule has 2 rings (SSSR count). The fourth-order valence-electron chi connectivity index (χ4n) is 1.78. The van der Waals surface area contributed by atoms with Gasteiger partial charge >= 0.3 is 0 Å². The molecular weight excluding hydrogens is 296 g/mol. The number of amides is 1. The number of nitrogens with one attached hydrogen (secondary N) is 2. The van der Waals surface area contributed by atoms with Gasteiger partial charge in [0, 0.05) is 32.2 Å². The molecule has 0 atom stereocenters. The molecule has 2 heterocycles. The van der Waals surface area contributed by atoms with Crippen LogP contribution >= 0.6 is 11.6 Å². The Hall–Kier alpha value is -1.93. The second kappa shape index (κ2) is 7.19. The van der Waals surface area contributed by atoms with Gasteiger partial charge in [0.15, 0.2) is 0 Å². The Morgan fingerprint density at radius 3 is 3.05 bits per heavy atom. The van der Waals surface area contributed by atoms with Crippen LogP contribution in [0.2, 0.25) is 5.15 Å². The average molecular weight is 313 g/mol. The number of fused-ring (bicyclic) bond motifs is 1. The van der Waals surface area contributed by atoms with Gasteiger partial charge in [-0.3, -0.25) is 4.79 Å². The molecule has 2 aromatic heterocycles. The standard InChI is InChI=1S/C12H17ClN6O2/c1-8-10(13)18-12-16-7-17-19(12)11(8)15-4-3-9(20)14-5-6-21-2/h7,15H,3-6H2,1-2H3,(H,14,20). The number of nitrogens with zero attached hydrogens (tertiary/aromatic N) is 4. The maximum absolute atomic E-state index is 11.6. The lowest BCUT2D eigenvalue weighted by Crippen LogP contribution is -2.28. The SMILES string of the molecule is COCCNC(=O)CCNc1c(C)c(Cl)nc2ncnn12. The minimum atomic E-state index is -0.0489. The second-order valence-electron chi connectivity index (χ2n) is 4.37. The Morgan fingerprint density at radius 1 is 1.48 bits per heavy atom. The first-order valence-electron chi connectivity index (χ1n) is 6.49. The van der Waals surface area contributed by atoms with Crippen molar-refractivity contribution in [2.45, 2.75) is 13.3 Å². The van der Waals surface area contributed by atoms with Crippen molar-refractivity contribution in [3.05, 3.63) is 17.0 Å². The first-order valence-corrected chi connectivity index (χ1v) is 6.86. The van der Waals surface area contributed by atoms with Crippen LogP contribution in [0.4, 0.5) is 5.82 Å². The molecule has 0 saturated carbocycles. The monoisotopic (exact) mass is 312 g/mol. The summed E-state index contributed by atoms with van der Waals surface area (Å²) < 4.78 is 6.42. The van der Waals surface area contributed by atoms with Gasteiger partial charge in [0.05, 0.1) is 6.61 Å². The number of ether oxygens (including phenoxy) is 1. The molecule has 2 aromatic rings. The molecule has 0 spiro atoms. The second-order valence-corrected chi connectivity index (χ2v) is 4.73. The molecule has 8 nitrogen and oxygen atoms in total. The van der Waals surface area contributed by atoms with Crippen molar-refractivity contribution >= 4 is 29.1 Å². The molecule has 0 aliphatic rings. The Morgan fingerprint density at radius 2 is 2.29 bits per heavy atom. The number of hydrogen-bond donors (Lipinski definition) is 2. The van der Waals surface area contributed by atoms with Gasteiger partial charge in [-0.1, -0.05) is 11.6 Å². The maximum Gasteiger partial charge on any atom is 0.255 e. The molecule has 0 bridgehead atoms. The van der Waals surface area contributed by atoms with Crippen molar-refractivity contribution in [1.82, 2.24) is 24.9 Å². The van der Waals surface area contributed by atoms with Gasteiger partial charge in [-0.2, -0.15) is 19.6 Å². The van der Waals surface area contributed by atoms with E-state index in [9.17, 15) is 4.79 Å². The number of carbonyl (C=O) groups excluding carboxylic acids is 1. The van der Waals surface area contributed by atoms with Crippen molar-refractivity contribution < 1.29 is 9.53 Å². The molecule has 9 heteroatoms. The van der Waals surface area contributed by atoms with E-state index in [1.54, 1.807) is 11.6 Å². The van der Waals surface area contributed by atoms with Gasteiger partial charge in [0.1, 0.15) is 17.3 Å². The largest absolute Gasteiger partial charge is 0.383 e. The van der Waals surface area contributed by atoms with Crippen molar-refractivity contribution in [3.8, 4) is 0 Å². The van der Waals surface area contributed by atoms with E-state index in [-0.39, 0.29) is 5.91 Å². The first kappa shape index (κ1) is 15.5. The minimum Gasteiger partial charge on any atom is -0.383 e. The van der Waals surface area contributed by atoms with E-state index in [2.05, 4.69) is 25.7 Å². The third-order valence-corrected chi connectivity index (χ3v) is 3.25. The van der Waals surface area contributed by atoms with Crippen molar-refractivity contribution in [3.63, 3.8) is 0 Å². The van der Waals surface area contributed by atoms with Crippen LogP contribution in [0.5, 0.6) is 0 Å². The smallest absolute Gasteiger partial charge is 0.255 e. The Bertz CT molecular complexity index is 629. The van der Waals surface area contributed by atoms with Crippen LogP contribution in [0.3, 0.4) is 0 Å². The van der Waals surface area contributed by atoms with E-state index in [4.69, 9.17) is 16.3 Å². The molecule has 2 N–H and O–H groups in total. The summed E-state index contributed by atoms with van der Waals surface area (Å²) in [5.41, 5.74) is 0.759. The maximum atomic E-state index is 11.6. The Kier molecular flexibility index (Phi) is 5.29. The van der Waals surface area contributed by atoms with Gasteiger partial charge < -0.3 is 15.4 Å². The molecule has 0 aliphatic heterocycles. The number of rotatable bonds is 7. The highest BCUT2D eigenvalue weighted by atomic mass is 35.5. The van der Waals surface area contributed by atoms with E-state index in [0.29, 0.717) is 42.9 Å². The Labute approximate surface area is 126 Å². The first-order chi connectivity index (χ1) is 10.1. The predicted molar refractivity (Wildman–Crippen MR) is 78.5 cm³/mol.